The lowest BCUT2D eigenvalue weighted by atomic mass is 10.0. The lowest BCUT2D eigenvalue weighted by Crippen LogP contribution is -2.29. The highest BCUT2D eigenvalue weighted by Gasteiger charge is 2.17. The number of nitrogens with zero attached hydrogens (tertiary/aromatic N) is 2. The van der Waals surface area contributed by atoms with E-state index in [1.807, 2.05) is 23.2 Å². The van der Waals surface area contributed by atoms with E-state index in [2.05, 4.69) is 11.1 Å². The summed E-state index contributed by atoms with van der Waals surface area (Å²) < 4.78 is 14.2. The van der Waals surface area contributed by atoms with Crippen LogP contribution in [0.5, 0.6) is 0 Å². The molecule has 0 fully saturated rings. The van der Waals surface area contributed by atoms with Gasteiger partial charge >= 0.3 is 0 Å². The average molecular weight is 284 g/mol. The summed E-state index contributed by atoms with van der Waals surface area (Å²) in [4.78, 5) is 6.13. The van der Waals surface area contributed by atoms with Gasteiger partial charge in [0.05, 0.1) is 12.3 Å². The Bertz CT molecular complexity index is 655. The molecule has 1 aliphatic heterocycles. The number of rotatable bonds is 3. The van der Waals surface area contributed by atoms with Crippen molar-refractivity contribution in [1.29, 1.82) is 0 Å². The van der Waals surface area contributed by atoms with Crippen molar-refractivity contribution in [3.05, 3.63) is 65.7 Å². The maximum absolute atomic E-state index is 14.2. The molecule has 21 heavy (non-hydrogen) atoms. The van der Waals surface area contributed by atoms with Crippen LogP contribution in [0.2, 0.25) is 0 Å². The first-order valence-corrected chi connectivity index (χ1v) is 7.02. The molecule has 0 spiro atoms. The Morgan fingerprint density at radius 3 is 2.81 bits per heavy atom. The van der Waals surface area contributed by atoms with E-state index in [1.165, 1.54) is 5.57 Å². The lowest BCUT2D eigenvalue weighted by molar-refractivity contribution is 0.276. The van der Waals surface area contributed by atoms with E-state index >= 15 is 0 Å². The summed E-state index contributed by atoms with van der Waals surface area (Å²) in [6.45, 7) is 1.15. The van der Waals surface area contributed by atoms with Crippen LogP contribution in [0.15, 0.2) is 48.8 Å². The van der Waals surface area contributed by atoms with E-state index in [0.717, 1.165) is 18.5 Å². The first kappa shape index (κ1) is 13.8. The van der Waals surface area contributed by atoms with Crippen molar-refractivity contribution in [2.45, 2.75) is 13.0 Å². The summed E-state index contributed by atoms with van der Waals surface area (Å²) in [5, 5.41) is 9.15. The highest BCUT2D eigenvalue weighted by Crippen LogP contribution is 2.28. The third-order valence-corrected chi connectivity index (χ3v) is 3.81. The fourth-order valence-electron chi connectivity index (χ4n) is 2.64. The molecule has 2 aromatic rings. The second kappa shape index (κ2) is 6.06. The van der Waals surface area contributed by atoms with Gasteiger partial charge < -0.3 is 10.0 Å². The molecule has 0 saturated carbocycles. The zero-order valence-corrected chi connectivity index (χ0v) is 11.7. The van der Waals surface area contributed by atoms with Gasteiger partial charge in [-0.25, -0.2) is 4.39 Å². The molecule has 4 heteroatoms. The van der Waals surface area contributed by atoms with Crippen LogP contribution in [0, 0.1) is 5.82 Å². The van der Waals surface area contributed by atoms with Gasteiger partial charge in [-0.2, -0.15) is 0 Å². The van der Waals surface area contributed by atoms with Crippen LogP contribution in [0.1, 0.15) is 17.5 Å². The predicted octanol–water partition coefficient (Wildman–Crippen LogP) is 3.01. The number of halogens is 1. The fraction of sp³-hybridized carbons (Fsp3) is 0.235. The molecule has 108 valence electrons. The van der Waals surface area contributed by atoms with Gasteiger partial charge in [-0.1, -0.05) is 24.3 Å². The van der Waals surface area contributed by atoms with Crippen molar-refractivity contribution in [3.63, 3.8) is 0 Å². The number of anilines is 1. The number of pyridine rings is 1. The minimum Gasteiger partial charge on any atom is -0.392 e. The highest BCUT2D eigenvalue weighted by atomic mass is 19.1. The fourth-order valence-corrected chi connectivity index (χ4v) is 2.64. The van der Waals surface area contributed by atoms with Gasteiger partial charge in [0.1, 0.15) is 0 Å². The smallest absolute Gasteiger partial charge is 0.151 e. The van der Waals surface area contributed by atoms with Crippen LogP contribution in [0.4, 0.5) is 10.1 Å². The topological polar surface area (TPSA) is 36.4 Å². The maximum atomic E-state index is 14.2. The number of hydrogen-bond acceptors (Lipinski definition) is 3. The summed E-state index contributed by atoms with van der Waals surface area (Å²) in [6.07, 6.45) is 6.59. The van der Waals surface area contributed by atoms with Crippen molar-refractivity contribution < 1.29 is 9.50 Å². The summed E-state index contributed by atoms with van der Waals surface area (Å²) in [5.74, 6) is -0.321. The number of aliphatic hydroxyl groups excluding tert-OH is 1. The summed E-state index contributed by atoms with van der Waals surface area (Å²) >= 11 is 0. The second-order valence-corrected chi connectivity index (χ2v) is 5.08. The summed E-state index contributed by atoms with van der Waals surface area (Å²) in [7, 11) is 0. The highest BCUT2D eigenvalue weighted by molar-refractivity contribution is 5.68. The lowest BCUT2D eigenvalue weighted by Gasteiger charge is -2.29. The van der Waals surface area contributed by atoms with Crippen LogP contribution in [0.25, 0.3) is 5.57 Å². The van der Waals surface area contributed by atoms with Crippen molar-refractivity contribution in [1.82, 2.24) is 4.98 Å². The maximum Gasteiger partial charge on any atom is 0.151 e. The minimum atomic E-state index is -0.321. The van der Waals surface area contributed by atoms with Crippen LogP contribution in [0.3, 0.4) is 0 Å². The van der Waals surface area contributed by atoms with E-state index in [1.54, 1.807) is 24.4 Å². The first-order chi connectivity index (χ1) is 10.3. The molecular weight excluding hydrogens is 267 g/mol. The third kappa shape index (κ3) is 2.81. The van der Waals surface area contributed by atoms with Gasteiger partial charge in [-0.3, -0.25) is 4.98 Å². The molecule has 0 radical (unpaired) electrons. The van der Waals surface area contributed by atoms with Gasteiger partial charge in [0.25, 0.3) is 0 Å². The Morgan fingerprint density at radius 1 is 1.24 bits per heavy atom. The van der Waals surface area contributed by atoms with Gasteiger partial charge in [-0.05, 0) is 29.7 Å². The monoisotopic (exact) mass is 284 g/mol. The molecular formula is C17H17FN2O. The zero-order valence-electron chi connectivity index (χ0n) is 11.7. The van der Waals surface area contributed by atoms with Crippen LogP contribution in [-0.2, 0) is 6.61 Å². The summed E-state index contributed by atoms with van der Waals surface area (Å²) in [6, 6.07) is 9.12. The largest absolute Gasteiger partial charge is 0.392 e. The Labute approximate surface area is 123 Å². The van der Waals surface area contributed by atoms with Crippen LogP contribution < -0.4 is 4.90 Å². The van der Waals surface area contributed by atoms with Crippen molar-refractivity contribution in [3.8, 4) is 0 Å². The average Bonchev–Trinajstić information content (AvgIpc) is 2.56. The van der Waals surface area contributed by atoms with Crippen LogP contribution in [-0.4, -0.2) is 23.2 Å². The molecule has 2 heterocycles. The van der Waals surface area contributed by atoms with Crippen molar-refractivity contribution >= 4 is 11.3 Å². The Balaban J connectivity index is 1.81. The standard InChI is InChI=1S/C17H17FN2O/c18-17-15(12-21)3-1-5-16(17)20-9-6-13(7-10-20)14-4-2-8-19-11-14/h1-6,8,11,21H,7,9-10,12H2. The van der Waals surface area contributed by atoms with E-state index in [0.29, 0.717) is 17.8 Å². The quantitative estimate of drug-likeness (QED) is 0.941. The zero-order chi connectivity index (χ0) is 14.7. The second-order valence-electron chi connectivity index (χ2n) is 5.08. The molecule has 3 nitrogen and oxygen atoms in total. The minimum absolute atomic E-state index is 0.274. The molecule has 1 aromatic heterocycles. The molecule has 0 aliphatic carbocycles. The van der Waals surface area contributed by atoms with E-state index in [4.69, 9.17) is 5.11 Å². The molecule has 0 bridgehead atoms. The molecule has 0 unspecified atom stereocenters. The molecule has 1 aromatic carbocycles. The number of hydrogen-bond donors (Lipinski definition) is 1. The van der Waals surface area contributed by atoms with Gasteiger partial charge in [0.15, 0.2) is 5.82 Å². The number of aromatic nitrogens is 1. The third-order valence-electron chi connectivity index (χ3n) is 3.81. The summed E-state index contributed by atoms with van der Waals surface area (Å²) in [5.41, 5.74) is 3.28. The molecule has 1 N–H and O–H groups in total. The SMILES string of the molecule is OCc1cccc(N2CC=C(c3cccnc3)CC2)c1F. The van der Waals surface area contributed by atoms with Gasteiger partial charge in [0, 0.05) is 31.0 Å². The van der Waals surface area contributed by atoms with Gasteiger partial charge in [0.2, 0.25) is 0 Å². The van der Waals surface area contributed by atoms with Crippen LogP contribution >= 0.6 is 0 Å². The van der Waals surface area contributed by atoms with E-state index in [-0.39, 0.29) is 12.4 Å². The molecule has 3 rings (SSSR count). The van der Waals surface area contributed by atoms with E-state index < -0.39 is 0 Å². The predicted molar refractivity (Wildman–Crippen MR) is 81.4 cm³/mol. The Hall–Kier alpha value is -2.20. The number of benzene rings is 1. The normalized spacial score (nSPS) is 15.0. The molecule has 0 amide bonds. The first-order valence-electron chi connectivity index (χ1n) is 7.02. The number of aliphatic hydroxyl groups is 1. The van der Waals surface area contributed by atoms with Crippen molar-refractivity contribution in [2.24, 2.45) is 0 Å². The Kier molecular flexibility index (Phi) is 3.97. The molecule has 1 aliphatic rings. The van der Waals surface area contributed by atoms with Gasteiger partial charge in [-0.15, -0.1) is 0 Å². The molecule has 0 saturated heterocycles. The molecule has 0 atom stereocenters. The van der Waals surface area contributed by atoms with E-state index in [9.17, 15) is 4.39 Å². The Morgan fingerprint density at radius 2 is 2.14 bits per heavy atom. The van der Waals surface area contributed by atoms with Crippen molar-refractivity contribution in [2.75, 3.05) is 18.0 Å².